The maximum Gasteiger partial charge on any atom is 0.263 e. The molecule has 6 nitrogen and oxygen atoms in total. The number of carbonyl (C=O) groups excluding carboxylic acids is 1. The van der Waals surface area contributed by atoms with Gasteiger partial charge >= 0.3 is 0 Å². The number of aromatic nitrogens is 2. The maximum absolute atomic E-state index is 12.0. The van der Waals surface area contributed by atoms with Gasteiger partial charge in [-0.05, 0) is 36.4 Å². The average molecular weight is 370 g/mol. The van der Waals surface area contributed by atoms with Crippen LogP contribution in [0, 0.1) is 0 Å². The van der Waals surface area contributed by atoms with Gasteiger partial charge in [0.1, 0.15) is 11.6 Å². The van der Waals surface area contributed by atoms with Crippen molar-refractivity contribution in [1.82, 2.24) is 9.97 Å². The summed E-state index contributed by atoms with van der Waals surface area (Å²) < 4.78 is 5.42. The number of nitrogens with zero attached hydrogens (tertiary/aromatic N) is 2. The summed E-state index contributed by atoms with van der Waals surface area (Å²) in [6.45, 7) is -0.0760. The number of hydrogen-bond acceptors (Lipinski definition) is 5. The standard InChI is InChI=1S/C22H18N4O2/c27-21(15-28-18-8-2-1-3-9-18)26-20-12-11-17(14-24-20)25-19-10-4-6-16-7-5-13-23-22(16)19/h1-14,25H,15H2,(H,24,26,27). The molecular weight excluding hydrogens is 352 g/mol. The van der Waals surface area contributed by atoms with E-state index >= 15 is 0 Å². The molecule has 0 saturated heterocycles. The summed E-state index contributed by atoms with van der Waals surface area (Å²) in [7, 11) is 0. The number of benzene rings is 2. The molecule has 2 N–H and O–H groups in total. The molecule has 1 amide bonds. The molecule has 2 heterocycles. The highest BCUT2D eigenvalue weighted by atomic mass is 16.5. The van der Waals surface area contributed by atoms with Crippen LogP contribution < -0.4 is 15.4 Å². The van der Waals surface area contributed by atoms with E-state index in [1.165, 1.54) is 0 Å². The Morgan fingerprint density at radius 3 is 2.57 bits per heavy atom. The van der Waals surface area contributed by atoms with E-state index in [1.807, 2.05) is 54.6 Å². The van der Waals surface area contributed by atoms with Gasteiger partial charge in [-0.2, -0.15) is 0 Å². The first-order valence-corrected chi connectivity index (χ1v) is 8.82. The van der Waals surface area contributed by atoms with Gasteiger partial charge in [-0.25, -0.2) is 4.98 Å². The second-order valence-electron chi connectivity index (χ2n) is 6.09. The van der Waals surface area contributed by atoms with Gasteiger partial charge in [-0.1, -0.05) is 36.4 Å². The molecule has 138 valence electrons. The minimum absolute atomic E-state index is 0.0760. The minimum atomic E-state index is -0.268. The third-order valence-electron chi connectivity index (χ3n) is 4.06. The molecule has 0 atom stereocenters. The van der Waals surface area contributed by atoms with Gasteiger partial charge in [0.2, 0.25) is 0 Å². The Kier molecular flexibility index (Phi) is 5.11. The molecule has 28 heavy (non-hydrogen) atoms. The van der Waals surface area contributed by atoms with Crippen LogP contribution in [-0.2, 0) is 4.79 Å². The van der Waals surface area contributed by atoms with Crippen LogP contribution in [0.25, 0.3) is 10.9 Å². The second-order valence-corrected chi connectivity index (χ2v) is 6.09. The number of pyridine rings is 2. The van der Waals surface area contributed by atoms with Gasteiger partial charge in [0.05, 0.1) is 23.1 Å². The molecule has 4 aromatic rings. The van der Waals surface area contributed by atoms with Crippen LogP contribution >= 0.6 is 0 Å². The fourth-order valence-electron chi connectivity index (χ4n) is 2.75. The summed E-state index contributed by atoms with van der Waals surface area (Å²) in [5.41, 5.74) is 2.59. The van der Waals surface area contributed by atoms with Gasteiger partial charge < -0.3 is 15.4 Å². The van der Waals surface area contributed by atoms with E-state index in [9.17, 15) is 4.79 Å². The SMILES string of the molecule is O=C(COc1ccccc1)Nc1ccc(Nc2cccc3cccnc23)cn1. The largest absolute Gasteiger partial charge is 0.484 e. The Balaban J connectivity index is 1.37. The monoisotopic (exact) mass is 370 g/mol. The van der Waals surface area contributed by atoms with Gasteiger partial charge in [0.15, 0.2) is 6.61 Å². The van der Waals surface area contributed by atoms with Crippen molar-refractivity contribution >= 4 is 34.0 Å². The van der Waals surface area contributed by atoms with E-state index in [-0.39, 0.29) is 12.5 Å². The van der Waals surface area contributed by atoms with Gasteiger partial charge in [-0.3, -0.25) is 9.78 Å². The molecular formula is C22H18N4O2. The third kappa shape index (κ3) is 4.24. The molecule has 0 unspecified atom stereocenters. The van der Waals surface area contributed by atoms with Crippen molar-refractivity contribution < 1.29 is 9.53 Å². The molecule has 0 aliphatic heterocycles. The zero-order valence-electron chi connectivity index (χ0n) is 15.0. The van der Waals surface area contributed by atoms with Crippen LogP contribution in [-0.4, -0.2) is 22.5 Å². The molecule has 2 aromatic heterocycles. The predicted molar refractivity (Wildman–Crippen MR) is 110 cm³/mol. The molecule has 0 saturated carbocycles. The molecule has 0 aliphatic carbocycles. The maximum atomic E-state index is 12.0. The first kappa shape index (κ1) is 17.5. The molecule has 0 spiro atoms. The lowest BCUT2D eigenvalue weighted by atomic mass is 10.2. The highest BCUT2D eigenvalue weighted by molar-refractivity contribution is 5.92. The fraction of sp³-hybridized carbons (Fsp3) is 0.0455. The normalized spacial score (nSPS) is 10.4. The molecule has 0 aliphatic rings. The van der Waals surface area contributed by atoms with Crippen molar-refractivity contribution in [2.45, 2.75) is 0 Å². The summed E-state index contributed by atoms with van der Waals surface area (Å²) in [5, 5.41) is 7.09. The number of amides is 1. The van der Waals surface area contributed by atoms with Crippen LogP contribution in [0.1, 0.15) is 0 Å². The van der Waals surface area contributed by atoms with Crippen molar-refractivity contribution in [3.63, 3.8) is 0 Å². The van der Waals surface area contributed by atoms with Crippen LogP contribution in [0.2, 0.25) is 0 Å². The molecule has 0 radical (unpaired) electrons. The van der Waals surface area contributed by atoms with Gasteiger partial charge in [-0.15, -0.1) is 0 Å². The Hall–Kier alpha value is -3.93. The zero-order valence-corrected chi connectivity index (χ0v) is 15.0. The van der Waals surface area contributed by atoms with E-state index in [0.29, 0.717) is 11.6 Å². The lowest BCUT2D eigenvalue weighted by Gasteiger charge is -2.10. The Morgan fingerprint density at radius 1 is 0.893 bits per heavy atom. The minimum Gasteiger partial charge on any atom is -0.484 e. The highest BCUT2D eigenvalue weighted by Crippen LogP contribution is 2.24. The lowest BCUT2D eigenvalue weighted by Crippen LogP contribution is -2.20. The topological polar surface area (TPSA) is 76.1 Å². The first-order chi connectivity index (χ1) is 13.8. The summed E-state index contributed by atoms with van der Waals surface area (Å²) in [5.74, 6) is 0.840. The van der Waals surface area contributed by atoms with Crippen molar-refractivity contribution in [1.29, 1.82) is 0 Å². The second kappa shape index (κ2) is 8.18. The van der Waals surface area contributed by atoms with Crippen molar-refractivity contribution in [3.8, 4) is 5.75 Å². The molecule has 0 fully saturated rings. The van der Waals surface area contributed by atoms with Crippen molar-refractivity contribution in [2.75, 3.05) is 17.2 Å². The molecule has 6 heteroatoms. The number of para-hydroxylation sites is 2. The summed E-state index contributed by atoms with van der Waals surface area (Å²) in [4.78, 5) is 20.7. The van der Waals surface area contributed by atoms with Crippen LogP contribution in [0.5, 0.6) is 5.75 Å². The summed E-state index contributed by atoms with van der Waals surface area (Å²) >= 11 is 0. The number of carbonyl (C=O) groups is 1. The quantitative estimate of drug-likeness (QED) is 0.526. The van der Waals surface area contributed by atoms with Crippen molar-refractivity contribution in [3.05, 3.63) is 85.2 Å². The van der Waals surface area contributed by atoms with E-state index in [4.69, 9.17) is 4.74 Å². The zero-order chi connectivity index (χ0) is 19.2. The first-order valence-electron chi connectivity index (χ1n) is 8.82. The van der Waals surface area contributed by atoms with E-state index in [1.54, 1.807) is 30.6 Å². The Morgan fingerprint density at radius 2 is 1.75 bits per heavy atom. The number of fused-ring (bicyclic) bond motifs is 1. The summed E-state index contributed by atoms with van der Waals surface area (Å²) in [6, 6.07) is 22.7. The highest BCUT2D eigenvalue weighted by Gasteiger charge is 2.06. The van der Waals surface area contributed by atoms with E-state index in [0.717, 1.165) is 22.3 Å². The molecule has 4 rings (SSSR count). The summed E-state index contributed by atoms with van der Waals surface area (Å²) in [6.07, 6.45) is 3.43. The number of nitrogens with one attached hydrogen (secondary N) is 2. The van der Waals surface area contributed by atoms with Crippen LogP contribution in [0.15, 0.2) is 85.2 Å². The van der Waals surface area contributed by atoms with Gasteiger partial charge in [0, 0.05) is 11.6 Å². The van der Waals surface area contributed by atoms with E-state index in [2.05, 4.69) is 20.6 Å². The smallest absolute Gasteiger partial charge is 0.263 e. The number of anilines is 3. The number of ether oxygens (including phenoxy) is 1. The third-order valence-corrected chi connectivity index (χ3v) is 4.06. The predicted octanol–water partition coefficient (Wildman–Crippen LogP) is 4.39. The Labute approximate surface area is 162 Å². The van der Waals surface area contributed by atoms with Crippen molar-refractivity contribution in [2.24, 2.45) is 0 Å². The Bertz CT molecular complexity index is 1080. The molecule has 2 aromatic carbocycles. The molecule has 0 bridgehead atoms. The van der Waals surface area contributed by atoms with Crippen LogP contribution in [0.3, 0.4) is 0 Å². The van der Waals surface area contributed by atoms with E-state index < -0.39 is 0 Å². The lowest BCUT2D eigenvalue weighted by molar-refractivity contribution is -0.118. The van der Waals surface area contributed by atoms with Gasteiger partial charge in [0.25, 0.3) is 5.91 Å². The number of hydrogen-bond donors (Lipinski definition) is 2. The van der Waals surface area contributed by atoms with Crippen LogP contribution in [0.4, 0.5) is 17.2 Å². The fourth-order valence-corrected chi connectivity index (χ4v) is 2.75. The average Bonchev–Trinajstić information content (AvgIpc) is 2.75. The number of rotatable bonds is 6.